The van der Waals surface area contributed by atoms with Gasteiger partial charge in [0.15, 0.2) is 0 Å². The highest BCUT2D eigenvalue weighted by atomic mass is 16.4. The molecule has 1 aliphatic heterocycles. The number of hydrogen-bond acceptors (Lipinski definition) is 18. The largest absolute Gasteiger partial charge is 0.508 e. The lowest BCUT2D eigenvalue weighted by Gasteiger charge is -2.28. The Morgan fingerprint density at radius 3 is 1.96 bits per heavy atom. The van der Waals surface area contributed by atoms with Gasteiger partial charge in [0.25, 0.3) is 0 Å². The number of carboxylic acid groups (broad SMARTS) is 3. The van der Waals surface area contributed by atoms with Crippen LogP contribution >= 0.6 is 0 Å². The second-order valence-electron chi connectivity index (χ2n) is 20.4. The van der Waals surface area contributed by atoms with E-state index in [2.05, 4.69) is 62.8 Å². The van der Waals surface area contributed by atoms with Crippen LogP contribution in [0.25, 0.3) is 0 Å². The highest BCUT2D eigenvalue weighted by Gasteiger charge is 2.37. The van der Waals surface area contributed by atoms with E-state index in [4.69, 9.17) is 17.2 Å². The molecule has 2 bridgehead atoms. The lowest BCUT2D eigenvalue weighted by molar-refractivity contribution is -0.142. The molecule has 10 amide bonds. The van der Waals surface area contributed by atoms with Gasteiger partial charge in [0.2, 0.25) is 59.1 Å². The van der Waals surface area contributed by atoms with Crippen molar-refractivity contribution in [3.63, 3.8) is 0 Å². The number of carbonyl (C=O) groups is 13. The Bertz CT molecular complexity index is 2830. The molecule has 84 heavy (non-hydrogen) atoms. The van der Waals surface area contributed by atoms with Crippen molar-refractivity contribution in [1.82, 2.24) is 67.5 Å². The molecule has 0 saturated carbocycles. The number of aromatic amines is 1. The second kappa shape index (κ2) is 32.8. The monoisotopic (exact) mass is 1180 g/mol. The van der Waals surface area contributed by atoms with Crippen LogP contribution in [0.15, 0.2) is 43.0 Å². The van der Waals surface area contributed by atoms with Crippen LogP contribution in [0, 0.1) is 5.92 Å². The number of aliphatic carboxylic acids is 3. The van der Waals surface area contributed by atoms with Crippen molar-refractivity contribution >= 4 is 77.0 Å². The van der Waals surface area contributed by atoms with Crippen molar-refractivity contribution < 1.29 is 82.8 Å². The predicted octanol–water partition coefficient (Wildman–Crippen LogP) is -4.87. The minimum absolute atomic E-state index is 0.0191. The van der Waals surface area contributed by atoms with Gasteiger partial charge in [0.1, 0.15) is 54.1 Å². The topological polar surface area (TPSA) is 537 Å². The number of nitrogens with one attached hydrogen (secondary N) is 9. The maximum Gasteiger partial charge on any atom is 0.305 e. The van der Waals surface area contributed by atoms with E-state index in [-0.39, 0.29) is 75.3 Å². The van der Waals surface area contributed by atoms with E-state index >= 15 is 0 Å². The van der Waals surface area contributed by atoms with E-state index in [1.807, 2.05) is 0 Å². The molecule has 0 saturated heterocycles. The Hall–Kier alpha value is -9.56. The van der Waals surface area contributed by atoms with E-state index in [1.54, 1.807) is 13.8 Å². The SMILES string of the molecule is CC(C)C[C@@H]1NC(=O)[C@H](CC(=O)O)NC(=O)[C@H](CCC(=O)O)NC(=O)[C@@H](NC(=O)[C@H](CCC(=O)O)NC(=O)[C@@H](N)Cc2cnc[nH]2)Cc2cn(nn2)CCCC[C@@H](C(=O)N[C@@H](Cc2ccc(O)cc2)C(=O)N[C@@H](CCC(N)=O)C(N)=O)NC1=O. The number of aromatic nitrogens is 5. The van der Waals surface area contributed by atoms with Gasteiger partial charge in [-0.3, -0.25) is 67.0 Å². The number of rotatable bonds is 26. The number of aromatic hydroxyl groups is 1. The van der Waals surface area contributed by atoms with E-state index in [9.17, 15) is 82.8 Å². The average molecular weight is 1180 g/mol. The van der Waals surface area contributed by atoms with E-state index in [0.717, 1.165) is 0 Å². The highest BCUT2D eigenvalue weighted by Crippen LogP contribution is 2.15. The summed E-state index contributed by atoms with van der Waals surface area (Å²) < 4.78 is 1.32. The van der Waals surface area contributed by atoms with E-state index < -0.39 is 170 Å². The number of primary amides is 2. The third-order valence-corrected chi connectivity index (χ3v) is 13.0. The number of nitrogens with zero attached hydrogens (tertiary/aromatic N) is 4. The first-order chi connectivity index (χ1) is 39.7. The van der Waals surface area contributed by atoms with Crippen LogP contribution in [0.3, 0.4) is 0 Å². The summed E-state index contributed by atoms with van der Waals surface area (Å²) in [5, 5.41) is 66.6. The smallest absolute Gasteiger partial charge is 0.305 e. The Balaban J connectivity index is 1.76. The van der Waals surface area contributed by atoms with Gasteiger partial charge in [-0.25, -0.2) is 4.98 Å². The summed E-state index contributed by atoms with van der Waals surface area (Å²) in [5.41, 5.74) is 17.7. The van der Waals surface area contributed by atoms with Crippen molar-refractivity contribution in [2.24, 2.45) is 23.1 Å². The fourth-order valence-corrected chi connectivity index (χ4v) is 8.57. The number of fused-ring (bicyclic) bond motifs is 2. The number of H-pyrrole nitrogens is 1. The minimum Gasteiger partial charge on any atom is -0.508 e. The Morgan fingerprint density at radius 1 is 0.714 bits per heavy atom. The van der Waals surface area contributed by atoms with Gasteiger partial charge in [0, 0.05) is 63.2 Å². The van der Waals surface area contributed by atoms with Gasteiger partial charge >= 0.3 is 17.9 Å². The second-order valence-corrected chi connectivity index (χ2v) is 20.4. The van der Waals surface area contributed by atoms with Crippen LogP contribution in [0.5, 0.6) is 5.75 Å². The Kier molecular flexibility index (Phi) is 26.1. The number of amides is 10. The van der Waals surface area contributed by atoms with Gasteiger partial charge in [-0.2, -0.15) is 0 Å². The van der Waals surface area contributed by atoms with Crippen molar-refractivity contribution in [2.75, 3.05) is 0 Å². The van der Waals surface area contributed by atoms with E-state index in [1.165, 1.54) is 47.7 Å². The number of nitrogens with two attached hydrogens (primary N) is 3. The van der Waals surface area contributed by atoms with Gasteiger partial charge in [-0.1, -0.05) is 31.2 Å². The predicted molar refractivity (Wildman–Crippen MR) is 288 cm³/mol. The molecule has 9 atom stereocenters. The molecule has 33 heteroatoms. The van der Waals surface area contributed by atoms with Crippen LogP contribution < -0.4 is 59.7 Å². The summed E-state index contributed by atoms with van der Waals surface area (Å²) in [6.45, 7) is 3.39. The first kappa shape index (κ1) is 66.9. The normalized spacial score (nSPS) is 19.6. The van der Waals surface area contributed by atoms with Crippen LogP contribution in [-0.2, 0) is 88.1 Å². The lowest BCUT2D eigenvalue weighted by Crippen LogP contribution is -2.61. The van der Waals surface area contributed by atoms with E-state index in [0.29, 0.717) is 11.3 Å². The fourth-order valence-electron chi connectivity index (χ4n) is 8.57. The zero-order valence-corrected chi connectivity index (χ0v) is 46.0. The molecular weight excluding hydrogens is 1110 g/mol. The standard InChI is InChI=1S/C51H72N16O17/c1-25(2)17-35-48(81)59-32(45(78)62-36(18-26-6-8-29(68)9-7-26)49(82)57-31(43(54)76)10-13-39(53)69)5-3-4-16-67-23-28(65-66-67)20-37(50(83)60-34(12-15-41(72)73)47(80)64-38(21-42(74)75)51(84)61-35)63-46(79)33(11-14-40(70)71)58-44(77)30(52)19-27-22-55-24-56-27/h6-9,22-25,30-38,68H,3-5,10-21,52H2,1-2H3,(H2,53,69)(H2,54,76)(H,55,56)(H,57,82)(H,58,77)(H,59,81)(H,60,83)(H,61,84)(H,62,78)(H,63,79)(H,64,80)(H,70,71)(H,72,73)(H,74,75)/t30-,31-,32-,33-,34-,35-,36-,37-,38-/m0/s1. The third kappa shape index (κ3) is 23.1. The minimum atomic E-state index is -2.02. The van der Waals surface area contributed by atoms with Crippen molar-refractivity contribution in [1.29, 1.82) is 0 Å². The number of aryl methyl sites for hydroxylation is 1. The number of carboxylic acids is 3. The molecule has 3 heterocycles. The summed E-state index contributed by atoms with van der Waals surface area (Å²) in [4.78, 5) is 179. The van der Waals surface area contributed by atoms with Crippen LogP contribution in [0.2, 0.25) is 0 Å². The molecule has 0 aliphatic carbocycles. The Morgan fingerprint density at radius 2 is 1.35 bits per heavy atom. The van der Waals surface area contributed by atoms with Gasteiger partial charge < -0.3 is 85.1 Å². The molecule has 2 aromatic heterocycles. The quantitative estimate of drug-likeness (QED) is 0.0358. The zero-order chi connectivity index (χ0) is 62.2. The van der Waals surface area contributed by atoms with Gasteiger partial charge in [0.05, 0.1) is 24.5 Å². The van der Waals surface area contributed by atoms with Crippen LogP contribution in [-0.4, -0.2) is 177 Å². The van der Waals surface area contributed by atoms with Crippen molar-refractivity contribution in [3.05, 3.63) is 59.9 Å². The van der Waals surface area contributed by atoms with Gasteiger partial charge in [-0.05, 0) is 68.6 Å². The maximum absolute atomic E-state index is 14.5. The molecule has 458 valence electrons. The first-order valence-electron chi connectivity index (χ1n) is 26.7. The van der Waals surface area contributed by atoms with Crippen LogP contribution in [0.1, 0.15) is 101 Å². The summed E-state index contributed by atoms with van der Waals surface area (Å²) in [7, 11) is 0. The average Bonchev–Trinajstić information content (AvgIpc) is 4.26. The molecular formula is C51H72N16O17. The third-order valence-electron chi connectivity index (χ3n) is 13.0. The summed E-state index contributed by atoms with van der Waals surface area (Å²) in [5.74, 6) is -15.4. The van der Waals surface area contributed by atoms with Gasteiger partial charge in [-0.15, -0.1) is 5.10 Å². The molecule has 0 spiro atoms. The number of phenolic OH excluding ortho intramolecular Hbond substituents is 1. The number of phenols is 1. The highest BCUT2D eigenvalue weighted by molar-refractivity contribution is 5.99. The molecule has 0 radical (unpaired) electrons. The molecule has 33 nitrogen and oxygen atoms in total. The molecule has 0 unspecified atom stereocenters. The lowest BCUT2D eigenvalue weighted by atomic mass is 10.00. The van der Waals surface area contributed by atoms with Crippen LogP contribution in [0.4, 0.5) is 0 Å². The molecule has 19 N–H and O–H groups in total. The number of hydrogen-bond donors (Lipinski definition) is 16. The van der Waals surface area contributed by atoms with Crippen molar-refractivity contribution in [3.8, 4) is 5.75 Å². The summed E-state index contributed by atoms with van der Waals surface area (Å²) in [6, 6.07) is -9.05. The fraction of sp³-hybridized carbons (Fsp3) is 0.529. The maximum atomic E-state index is 14.5. The molecule has 1 aliphatic rings. The molecule has 1 aromatic carbocycles. The Labute approximate surface area is 479 Å². The zero-order valence-electron chi connectivity index (χ0n) is 46.0. The summed E-state index contributed by atoms with van der Waals surface area (Å²) >= 11 is 0. The summed E-state index contributed by atoms with van der Waals surface area (Å²) in [6.07, 6.45) is -1.19. The van der Waals surface area contributed by atoms with Crippen molar-refractivity contribution in [2.45, 2.75) is 165 Å². The first-order valence-corrected chi connectivity index (χ1v) is 26.7. The number of benzene rings is 1. The molecule has 0 fully saturated rings. The number of imidazole rings is 1. The number of carbonyl (C=O) groups excluding carboxylic acids is 10. The molecule has 4 rings (SSSR count). The molecule has 3 aromatic rings.